The van der Waals surface area contributed by atoms with E-state index in [0.29, 0.717) is 18.1 Å². The van der Waals surface area contributed by atoms with E-state index in [2.05, 4.69) is 67.3 Å². The molecule has 0 spiro atoms. The number of hydrogen-bond donors (Lipinski definition) is 0. The maximum atomic E-state index is 12.8. The van der Waals surface area contributed by atoms with Gasteiger partial charge in [0.1, 0.15) is 5.00 Å². The highest BCUT2D eigenvalue weighted by atomic mass is 32.1. The average Bonchev–Trinajstić information content (AvgIpc) is 3.16. The Morgan fingerprint density at radius 3 is 2.59 bits per heavy atom. The molecule has 4 rings (SSSR count). The molecule has 2 aromatic carbocycles. The second kappa shape index (κ2) is 10.2. The third-order valence-electron chi connectivity index (χ3n) is 5.78. The molecule has 4 nitrogen and oxygen atoms in total. The topological polar surface area (TPSA) is 41.9 Å². The normalized spacial score (nSPS) is 14.1. The monoisotopic (exact) mass is 446 g/mol. The van der Waals surface area contributed by atoms with Crippen LogP contribution in [-0.4, -0.2) is 30.2 Å². The number of fused-ring (bicyclic) bond motifs is 1. The predicted molar refractivity (Wildman–Crippen MR) is 132 cm³/mol. The quantitative estimate of drug-likeness (QED) is 0.313. The summed E-state index contributed by atoms with van der Waals surface area (Å²) in [4.78, 5) is 21.2. The molecule has 0 unspecified atom stereocenters. The van der Waals surface area contributed by atoms with Gasteiger partial charge in [0.05, 0.1) is 12.2 Å². The van der Waals surface area contributed by atoms with Gasteiger partial charge in [0.25, 0.3) is 0 Å². The zero-order valence-electron chi connectivity index (χ0n) is 19.0. The summed E-state index contributed by atoms with van der Waals surface area (Å²) in [6.07, 6.45) is 2.69. The maximum absolute atomic E-state index is 12.8. The van der Waals surface area contributed by atoms with Crippen molar-refractivity contribution in [3.63, 3.8) is 0 Å². The number of rotatable bonds is 7. The molecular formula is C27H30N2O2S. The Bertz CT molecular complexity index is 1080. The number of esters is 1. The first-order valence-electron chi connectivity index (χ1n) is 11.3. The summed E-state index contributed by atoms with van der Waals surface area (Å²) < 4.78 is 5.39. The van der Waals surface area contributed by atoms with Crippen LogP contribution >= 0.6 is 11.3 Å². The fourth-order valence-corrected chi connectivity index (χ4v) is 5.25. The summed E-state index contributed by atoms with van der Waals surface area (Å²) in [5, 5.41) is 0.753. The molecule has 1 aliphatic rings. The molecule has 0 N–H and O–H groups in total. The number of thiophene rings is 1. The first-order chi connectivity index (χ1) is 15.5. The third kappa shape index (κ3) is 5.17. The molecule has 0 radical (unpaired) electrons. The molecule has 5 heteroatoms. The van der Waals surface area contributed by atoms with Gasteiger partial charge in [-0.25, -0.2) is 9.79 Å². The van der Waals surface area contributed by atoms with Gasteiger partial charge in [-0.05, 0) is 41.5 Å². The van der Waals surface area contributed by atoms with Crippen molar-refractivity contribution in [2.24, 2.45) is 4.99 Å². The minimum Gasteiger partial charge on any atom is -0.462 e. The van der Waals surface area contributed by atoms with Crippen molar-refractivity contribution in [1.29, 1.82) is 0 Å². The lowest BCUT2D eigenvalue weighted by Gasteiger charge is -2.27. The SMILES string of the molecule is CCOC(=O)c1c(N=Cc2ccc(C(C)C)cc2)sc2c1CCN(Cc1ccccc1)C2. The van der Waals surface area contributed by atoms with Crippen LogP contribution in [0.2, 0.25) is 0 Å². The fourth-order valence-electron chi connectivity index (χ4n) is 4.02. The van der Waals surface area contributed by atoms with E-state index in [9.17, 15) is 4.79 Å². The van der Waals surface area contributed by atoms with E-state index in [1.807, 2.05) is 19.2 Å². The molecule has 1 aromatic heterocycles. The Morgan fingerprint density at radius 2 is 1.91 bits per heavy atom. The molecular weight excluding hydrogens is 416 g/mol. The van der Waals surface area contributed by atoms with Crippen LogP contribution in [0.5, 0.6) is 0 Å². The van der Waals surface area contributed by atoms with Crippen LogP contribution in [0, 0.1) is 0 Å². The van der Waals surface area contributed by atoms with E-state index < -0.39 is 0 Å². The molecule has 2 heterocycles. The van der Waals surface area contributed by atoms with Gasteiger partial charge in [-0.2, -0.15) is 0 Å². The summed E-state index contributed by atoms with van der Waals surface area (Å²) >= 11 is 1.62. The van der Waals surface area contributed by atoms with Crippen LogP contribution in [0.3, 0.4) is 0 Å². The van der Waals surface area contributed by atoms with Crippen molar-refractivity contribution in [2.75, 3.05) is 13.2 Å². The van der Waals surface area contributed by atoms with E-state index in [4.69, 9.17) is 9.73 Å². The molecule has 0 saturated carbocycles. The molecule has 166 valence electrons. The summed E-state index contributed by atoms with van der Waals surface area (Å²) in [5.41, 5.74) is 5.41. The Labute approximate surface area is 194 Å². The van der Waals surface area contributed by atoms with Crippen molar-refractivity contribution in [3.8, 4) is 0 Å². The number of aliphatic imine (C=N–C) groups is 1. The third-order valence-corrected chi connectivity index (χ3v) is 6.90. The minimum atomic E-state index is -0.260. The molecule has 0 saturated heterocycles. The lowest BCUT2D eigenvalue weighted by Crippen LogP contribution is -2.29. The number of benzene rings is 2. The minimum absolute atomic E-state index is 0.260. The van der Waals surface area contributed by atoms with Crippen LogP contribution in [0.1, 0.15) is 64.2 Å². The summed E-state index contributed by atoms with van der Waals surface area (Å²) in [7, 11) is 0. The Hall–Kier alpha value is -2.76. The highest BCUT2D eigenvalue weighted by Gasteiger charge is 2.28. The number of ether oxygens (including phenoxy) is 1. The zero-order chi connectivity index (χ0) is 22.5. The number of carbonyl (C=O) groups is 1. The zero-order valence-corrected chi connectivity index (χ0v) is 19.8. The van der Waals surface area contributed by atoms with Crippen molar-refractivity contribution < 1.29 is 9.53 Å². The van der Waals surface area contributed by atoms with Gasteiger partial charge < -0.3 is 4.74 Å². The highest BCUT2D eigenvalue weighted by Crippen LogP contribution is 2.39. The molecule has 3 aromatic rings. The van der Waals surface area contributed by atoms with E-state index in [1.54, 1.807) is 11.3 Å². The lowest BCUT2D eigenvalue weighted by molar-refractivity contribution is 0.0526. The largest absolute Gasteiger partial charge is 0.462 e. The number of nitrogens with zero attached hydrogens (tertiary/aromatic N) is 2. The van der Waals surface area contributed by atoms with Crippen molar-refractivity contribution in [3.05, 3.63) is 87.3 Å². The lowest BCUT2D eigenvalue weighted by atomic mass is 10.0. The van der Waals surface area contributed by atoms with Crippen LogP contribution in [0.15, 0.2) is 59.6 Å². The maximum Gasteiger partial charge on any atom is 0.341 e. The second-order valence-electron chi connectivity index (χ2n) is 8.43. The van der Waals surface area contributed by atoms with Crippen LogP contribution in [0.25, 0.3) is 0 Å². The molecule has 0 bridgehead atoms. The summed E-state index contributed by atoms with van der Waals surface area (Å²) in [6.45, 7) is 9.25. The van der Waals surface area contributed by atoms with Crippen LogP contribution < -0.4 is 0 Å². The van der Waals surface area contributed by atoms with Gasteiger partial charge >= 0.3 is 5.97 Å². The van der Waals surface area contributed by atoms with E-state index in [1.165, 1.54) is 16.0 Å². The fraction of sp³-hybridized carbons (Fsp3) is 0.333. The van der Waals surface area contributed by atoms with E-state index in [-0.39, 0.29) is 5.97 Å². The number of hydrogen-bond acceptors (Lipinski definition) is 5. The average molecular weight is 447 g/mol. The van der Waals surface area contributed by atoms with Gasteiger partial charge in [0, 0.05) is 30.7 Å². The second-order valence-corrected chi connectivity index (χ2v) is 9.51. The Kier molecular flexibility index (Phi) is 7.18. The first-order valence-corrected chi connectivity index (χ1v) is 12.1. The van der Waals surface area contributed by atoms with Gasteiger partial charge in [0.2, 0.25) is 0 Å². The van der Waals surface area contributed by atoms with Gasteiger partial charge in [-0.1, -0.05) is 68.4 Å². The van der Waals surface area contributed by atoms with Gasteiger partial charge in [-0.15, -0.1) is 11.3 Å². The van der Waals surface area contributed by atoms with E-state index in [0.717, 1.165) is 42.2 Å². The molecule has 0 fully saturated rings. The molecule has 0 atom stereocenters. The van der Waals surface area contributed by atoms with Crippen molar-refractivity contribution in [2.45, 2.75) is 46.2 Å². The number of carbonyl (C=O) groups excluding carboxylic acids is 1. The summed E-state index contributed by atoms with van der Waals surface area (Å²) in [5.74, 6) is 0.239. The molecule has 0 aliphatic carbocycles. The van der Waals surface area contributed by atoms with Crippen LogP contribution in [0.4, 0.5) is 5.00 Å². The van der Waals surface area contributed by atoms with Crippen LogP contribution in [-0.2, 0) is 24.2 Å². The van der Waals surface area contributed by atoms with E-state index >= 15 is 0 Å². The molecule has 0 amide bonds. The Morgan fingerprint density at radius 1 is 1.16 bits per heavy atom. The molecule has 1 aliphatic heterocycles. The molecule has 32 heavy (non-hydrogen) atoms. The standard InChI is InChI=1S/C27H30N2O2S/c1-4-31-27(30)25-23-14-15-29(17-21-8-6-5-7-9-21)18-24(23)32-26(25)28-16-20-10-12-22(13-11-20)19(2)3/h5-13,16,19H,4,14-15,17-18H2,1-3H3. The first kappa shape index (κ1) is 22.4. The van der Waals surface area contributed by atoms with Crippen molar-refractivity contribution in [1.82, 2.24) is 4.90 Å². The smallest absolute Gasteiger partial charge is 0.341 e. The Balaban J connectivity index is 1.59. The predicted octanol–water partition coefficient (Wildman–Crippen LogP) is 6.36. The van der Waals surface area contributed by atoms with Gasteiger partial charge in [0.15, 0.2) is 0 Å². The van der Waals surface area contributed by atoms with Gasteiger partial charge in [-0.3, -0.25) is 4.90 Å². The van der Waals surface area contributed by atoms with Crippen molar-refractivity contribution >= 4 is 28.5 Å². The summed E-state index contributed by atoms with van der Waals surface area (Å²) in [6, 6.07) is 19.0. The highest BCUT2D eigenvalue weighted by molar-refractivity contribution is 7.16.